The highest BCUT2D eigenvalue weighted by molar-refractivity contribution is 5.23. The lowest BCUT2D eigenvalue weighted by atomic mass is 10.0. The second-order valence-corrected chi connectivity index (χ2v) is 3.59. The molecule has 1 aromatic rings. The summed E-state index contributed by atoms with van der Waals surface area (Å²) in [5.74, 6) is 0.396. The Morgan fingerprint density at radius 1 is 1.21 bits per heavy atom. The zero-order valence-corrected chi connectivity index (χ0v) is 8.21. The van der Waals surface area contributed by atoms with Crippen LogP contribution in [0.2, 0.25) is 0 Å². The van der Waals surface area contributed by atoms with Gasteiger partial charge in [-0.05, 0) is 24.4 Å². The van der Waals surface area contributed by atoms with Gasteiger partial charge in [0.2, 0.25) is 0 Å². The molecule has 0 unspecified atom stereocenters. The fourth-order valence-corrected chi connectivity index (χ4v) is 1.28. The summed E-state index contributed by atoms with van der Waals surface area (Å²) < 4.78 is 24.4. The molecule has 0 radical (unpaired) electrons. The minimum atomic E-state index is -2.38. The van der Waals surface area contributed by atoms with Gasteiger partial charge in [-0.2, -0.15) is 0 Å². The summed E-state index contributed by atoms with van der Waals surface area (Å²) in [7, 11) is 0. The van der Waals surface area contributed by atoms with Gasteiger partial charge in [0, 0.05) is 5.56 Å². The molecule has 0 heterocycles. The first-order chi connectivity index (χ1) is 6.63. The van der Waals surface area contributed by atoms with E-state index in [1.165, 1.54) is 12.1 Å². The van der Waals surface area contributed by atoms with Crippen LogP contribution in [0.4, 0.5) is 8.78 Å². The van der Waals surface area contributed by atoms with Gasteiger partial charge in [0.25, 0.3) is 6.43 Å². The van der Waals surface area contributed by atoms with E-state index < -0.39 is 6.43 Å². The third-order valence-electron chi connectivity index (χ3n) is 2.22. The molecule has 0 aliphatic carbocycles. The summed E-state index contributed by atoms with van der Waals surface area (Å²) in [6.45, 7) is 2.66. The van der Waals surface area contributed by atoms with Crippen LogP contribution in [0.1, 0.15) is 24.5 Å². The summed E-state index contributed by atoms with van der Waals surface area (Å²) >= 11 is 0. The topological polar surface area (TPSA) is 26.0 Å². The summed E-state index contributed by atoms with van der Waals surface area (Å²) in [6.07, 6.45) is -1.53. The van der Waals surface area contributed by atoms with E-state index in [1.807, 2.05) is 6.92 Å². The molecule has 0 fully saturated rings. The lowest BCUT2D eigenvalue weighted by Gasteiger charge is -2.08. The largest absolute Gasteiger partial charge is 0.330 e. The van der Waals surface area contributed by atoms with Crippen molar-refractivity contribution in [1.82, 2.24) is 0 Å². The van der Waals surface area contributed by atoms with Crippen LogP contribution in [0, 0.1) is 5.92 Å². The van der Waals surface area contributed by atoms with E-state index in [0.29, 0.717) is 12.5 Å². The second-order valence-electron chi connectivity index (χ2n) is 3.59. The van der Waals surface area contributed by atoms with Crippen molar-refractivity contribution in [2.75, 3.05) is 6.54 Å². The molecule has 1 atom stereocenters. The molecular formula is C11H15F2N. The SMILES string of the molecule is C[C@H](CN)Cc1ccc(C(F)F)cc1. The normalized spacial score (nSPS) is 13.2. The van der Waals surface area contributed by atoms with Crippen molar-refractivity contribution in [3.8, 4) is 0 Å². The lowest BCUT2D eigenvalue weighted by molar-refractivity contribution is 0.151. The Morgan fingerprint density at radius 2 is 1.79 bits per heavy atom. The van der Waals surface area contributed by atoms with E-state index in [2.05, 4.69) is 0 Å². The lowest BCUT2D eigenvalue weighted by Crippen LogP contribution is -2.12. The van der Waals surface area contributed by atoms with E-state index in [4.69, 9.17) is 5.73 Å². The van der Waals surface area contributed by atoms with Crippen molar-refractivity contribution in [2.45, 2.75) is 19.8 Å². The average molecular weight is 199 g/mol. The number of halogens is 2. The van der Waals surface area contributed by atoms with Crippen LogP contribution in [-0.2, 0) is 6.42 Å². The summed E-state index contributed by atoms with van der Waals surface area (Å²) in [4.78, 5) is 0. The second kappa shape index (κ2) is 5.05. The van der Waals surface area contributed by atoms with Crippen LogP contribution >= 0.6 is 0 Å². The number of hydrogen-bond acceptors (Lipinski definition) is 1. The molecular weight excluding hydrogens is 184 g/mol. The third-order valence-corrected chi connectivity index (χ3v) is 2.22. The highest BCUT2D eigenvalue weighted by Crippen LogP contribution is 2.19. The van der Waals surface area contributed by atoms with Crippen molar-refractivity contribution in [2.24, 2.45) is 11.7 Å². The van der Waals surface area contributed by atoms with E-state index in [1.54, 1.807) is 12.1 Å². The van der Waals surface area contributed by atoms with Gasteiger partial charge in [0.05, 0.1) is 0 Å². The predicted molar refractivity (Wildman–Crippen MR) is 53.3 cm³/mol. The molecule has 1 nitrogen and oxygen atoms in total. The minimum absolute atomic E-state index is 0.0779. The van der Waals surface area contributed by atoms with Crippen LogP contribution in [-0.4, -0.2) is 6.54 Å². The van der Waals surface area contributed by atoms with Crippen LogP contribution in [0.25, 0.3) is 0 Å². The van der Waals surface area contributed by atoms with Crippen LogP contribution in [0.5, 0.6) is 0 Å². The van der Waals surface area contributed by atoms with Gasteiger partial charge in [-0.15, -0.1) is 0 Å². The van der Waals surface area contributed by atoms with Gasteiger partial charge in [0.1, 0.15) is 0 Å². The Hall–Kier alpha value is -0.960. The fourth-order valence-electron chi connectivity index (χ4n) is 1.28. The molecule has 0 aliphatic rings. The fraction of sp³-hybridized carbons (Fsp3) is 0.455. The number of rotatable bonds is 4. The molecule has 0 bridgehead atoms. The molecule has 78 valence electrons. The Kier molecular flexibility index (Phi) is 4.01. The first-order valence-corrected chi connectivity index (χ1v) is 4.70. The maximum absolute atomic E-state index is 12.2. The molecule has 0 amide bonds. The Bertz CT molecular complexity index is 269. The maximum Gasteiger partial charge on any atom is 0.263 e. The average Bonchev–Trinajstić information content (AvgIpc) is 2.18. The standard InChI is InChI=1S/C11H15F2N/c1-8(7-14)6-9-2-4-10(5-3-9)11(12)13/h2-5,8,11H,6-7,14H2,1H3/t8-/m0/s1. The molecule has 0 spiro atoms. The summed E-state index contributed by atoms with van der Waals surface area (Å²) in [6, 6.07) is 6.44. The molecule has 3 heteroatoms. The number of hydrogen-bond donors (Lipinski definition) is 1. The summed E-state index contributed by atoms with van der Waals surface area (Å²) in [5.41, 5.74) is 6.62. The van der Waals surface area contributed by atoms with Crippen molar-refractivity contribution < 1.29 is 8.78 Å². The highest BCUT2D eigenvalue weighted by Gasteiger charge is 2.06. The molecule has 14 heavy (non-hydrogen) atoms. The first kappa shape index (κ1) is 11.1. The third kappa shape index (κ3) is 3.07. The van der Waals surface area contributed by atoms with Crippen LogP contribution in [0.15, 0.2) is 24.3 Å². The number of alkyl halides is 2. The minimum Gasteiger partial charge on any atom is -0.330 e. The summed E-state index contributed by atoms with van der Waals surface area (Å²) in [5, 5.41) is 0. The zero-order valence-electron chi connectivity index (χ0n) is 8.21. The molecule has 0 aromatic heterocycles. The quantitative estimate of drug-likeness (QED) is 0.792. The van der Waals surface area contributed by atoms with Gasteiger partial charge in [-0.3, -0.25) is 0 Å². The van der Waals surface area contributed by atoms with Crippen molar-refractivity contribution in [3.05, 3.63) is 35.4 Å². The van der Waals surface area contributed by atoms with E-state index in [0.717, 1.165) is 12.0 Å². The molecule has 1 aromatic carbocycles. The van der Waals surface area contributed by atoms with Gasteiger partial charge in [-0.25, -0.2) is 8.78 Å². The Morgan fingerprint density at radius 3 is 2.21 bits per heavy atom. The van der Waals surface area contributed by atoms with E-state index >= 15 is 0 Å². The van der Waals surface area contributed by atoms with Crippen LogP contribution < -0.4 is 5.73 Å². The molecule has 0 saturated heterocycles. The molecule has 0 aliphatic heterocycles. The maximum atomic E-state index is 12.2. The van der Waals surface area contributed by atoms with Crippen molar-refractivity contribution >= 4 is 0 Å². The number of nitrogens with two attached hydrogens (primary N) is 1. The Labute approximate surface area is 82.9 Å². The van der Waals surface area contributed by atoms with E-state index in [-0.39, 0.29) is 5.56 Å². The van der Waals surface area contributed by atoms with Gasteiger partial charge < -0.3 is 5.73 Å². The van der Waals surface area contributed by atoms with Crippen molar-refractivity contribution in [3.63, 3.8) is 0 Å². The predicted octanol–water partition coefficient (Wildman–Crippen LogP) is 2.76. The van der Waals surface area contributed by atoms with Gasteiger partial charge in [0.15, 0.2) is 0 Å². The molecule has 0 saturated carbocycles. The molecule has 2 N–H and O–H groups in total. The zero-order chi connectivity index (χ0) is 10.6. The number of benzene rings is 1. The van der Waals surface area contributed by atoms with Gasteiger partial charge >= 0.3 is 0 Å². The monoisotopic (exact) mass is 199 g/mol. The van der Waals surface area contributed by atoms with E-state index in [9.17, 15) is 8.78 Å². The van der Waals surface area contributed by atoms with Crippen molar-refractivity contribution in [1.29, 1.82) is 0 Å². The smallest absolute Gasteiger partial charge is 0.263 e. The Balaban J connectivity index is 2.64. The van der Waals surface area contributed by atoms with Crippen LogP contribution in [0.3, 0.4) is 0 Å². The molecule has 1 rings (SSSR count). The highest BCUT2D eigenvalue weighted by atomic mass is 19.3. The first-order valence-electron chi connectivity index (χ1n) is 4.70. The van der Waals surface area contributed by atoms with Gasteiger partial charge in [-0.1, -0.05) is 31.2 Å².